The standard InChI is InChI=1S/C23H38O2/c1-15(10-13-24)19-6-7-20-18-5-4-16-14-17(25)8-11-22(16,2)21(18)9-12-23(19,20)3/h4,15,17-21,24-25H,5-14H2,1-3H3. The largest absolute Gasteiger partial charge is 0.396 e. The molecule has 0 radical (unpaired) electrons. The predicted octanol–water partition coefficient (Wildman–Crippen LogP) is 4.94. The summed E-state index contributed by atoms with van der Waals surface area (Å²) in [6, 6.07) is 0. The molecule has 4 aliphatic rings. The van der Waals surface area contributed by atoms with Crippen molar-refractivity contribution in [1.82, 2.24) is 0 Å². The molecular formula is C23H38O2. The molecule has 2 N–H and O–H groups in total. The molecule has 3 fully saturated rings. The molecule has 0 heterocycles. The van der Waals surface area contributed by atoms with E-state index in [-0.39, 0.29) is 6.10 Å². The molecular weight excluding hydrogens is 308 g/mol. The van der Waals surface area contributed by atoms with Gasteiger partial charge in [0.1, 0.15) is 0 Å². The molecule has 25 heavy (non-hydrogen) atoms. The summed E-state index contributed by atoms with van der Waals surface area (Å²) in [5.41, 5.74) is 2.43. The number of rotatable bonds is 3. The van der Waals surface area contributed by atoms with E-state index in [0.29, 0.717) is 23.4 Å². The monoisotopic (exact) mass is 346 g/mol. The number of fused-ring (bicyclic) bond motifs is 5. The molecule has 0 bridgehead atoms. The molecule has 4 rings (SSSR count). The Labute approximate surface area is 154 Å². The molecule has 3 saturated carbocycles. The first-order chi connectivity index (χ1) is 11.9. The van der Waals surface area contributed by atoms with Crippen LogP contribution in [0.15, 0.2) is 11.6 Å². The second-order valence-corrected chi connectivity index (χ2v) is 10.4. The van der Waals surface area contributed by atoms with Crippen LogP contribution in [0.5, 0.6) is 0 Å². The topological polar surface area (TPSA) is 40.5 Å². The van der Waals surface area contributed by atoms with Gasteiger partial charge in [0.25, 0.3) is 0 Å². The second kappa shape index (κ2) is 6.37. The van der Waals surface area contributed by atoms with Crippen molar-refractivity contribution in [1.29, 1.82) is 0 Å². The lowest BCUT2D eigenvalue weighted by atomic mass is 9.47. The first kappa shape index (κ1) is 18.0. The van der Waals surface area contributed by atoms with Gasteiger partial charge in [-0.3, -0.25) is 0 Å². The predicted molar refractivity (Wildman–Crippen MR) is 102 cm³/mol. The Morgan fingerprint density at radius 2 is 1.92 bits per heavy atom. The zero-order valence-corrected chi connectivity index (χ0v) is 16.5. The van der Waals surface area contributed by atoms with Crippen LogP contribution < -0.4 is 0 Å². The average Bonchev–Trinajstić information content (AvgIpc) is 2.93. The van der Waals surface area contributed by atoms with Crippen LogP contribution in [0.1, 0.15) is 78.6 Å². The third-order valence-electron chi connectivity index (χ3n) is 9.42. The molecule has 8 atom stereocenters. The van der Waals surface area contributed by atoms with Gasteiger partial charge in [-0.15, -0.1) is 0 Å². The van der Waals surface area contributed by atoms with E-state index < -0.39 is 0 Å². The second-order valence-electron chi connectivity index (χ2n) is 10.4. The molecule has 8 unspecified atom stereocenters. The van der Waals surface area contributed by atoms with Gasteiger partial charge in [-0.05, 0) is 98.2 Å². The van der Waals surface area contributed by atoms with Crippen molar-refractivity contribution in [3.63, 3.8) is 0 Å². The fourth-order valence-corrected chi connectivity index (χ4v) is 8.02. The van der Waals surface area contributed by atoms with Crippen LogP contribution in [-0.4, -0.2) is 22.9 Å². The van der Waals surface area contributed by atoms with Gasteiger partial charge in [-0.1, -0.05) is 32.4 Å². The van der Waals surface area contributed by atoms with Gasteiger partial charge >= 0.3 is 0 Å². The minimum absolute atomic E-state index is 0.0973. The van der Waals surface area contributed by atoms with E-state index in [1.807, 2.05) is 0 Å². The van der Waals surface area contributed by atoms with Gasteiger partial charge in [-0.25, -0.2) is 0 Å². The van der Waals surface area contributed by atoms with Crippen LogP contribution in [0.3, 0.4) is 0 Å². The van der Waals surface area contributed by atoms with E-state index in [1.54, 1.807) is 5.57 Å². The lowest BCUT2D eigenvalue weighted by Crippen LogP contribution is -2.50. The maximum absolute atomic E-state index is 10.1. The van der Waals surface area contributed by atoms with Gasteiger partial charge < -0.3 is 10.2 Å². The van der Waals surface area contributed by atoms with Crippen LogP contribution >= 0.6 is 0 Å². The van der Waals surface area contributed by atoms with E-state index >= 15 is 0 Å². The summed E-state index contributed by atoms with van der Waals surface area (Å²) in [6.07, 6.45) is 13.3. The van der Waals surface area contributed by atoms with Crippen molar-refractivity contribution in [2.45, 2.75) is 84.7 Å². The molecule has 142 valence electrons. The fraction of sp³-hybridized carbons (Fsp3) is 0.913. The highest BCUT2D eigenvalue weighted by Gasteiger charge is 2.58. The van der Waals surface area contributed by atoms with E-state index in [0.717, 1.165) is 42.9 Å². The summed E-state index contributed by atoms with van der Waals surface area (Å²) in [5, 5.41) is 19.6. The van der Waals surface area contributed by atoms with Crippen molar-refractivity contribution in [3.8, 4) is 0 Å². The molecule has 0 aromatic carbocycles. The number of allylic oxidation sites excluding steroid dienone is 1. The smallest absolute Gasteiger partial charge is 0.0577 e. The van der Waals surface area contributed by atoms with Crippen molar-refractivity contribution in [2.24, 2.45) is 40.4 Å². The molecule has 0 aromatic rings. The summed E-state index contributed by atoms with van der Waals surface area (Å²) in [4.78, 5) is 0. The summed E-state index contributed by atoms with van der Waals surface area (Å²) < 4.78 is 0. The minimum atomic E-state index is -0.0973. The fourth-order valence-electron chi connectivity index (χ4n) is 8.02. The maximum atomic E-state index is 10.1. The Bertz CT molecular complexity index is 540. The molecule has 0 spiro atoms. The summed E-state index contributed by atoms with van der Waals surface area (Å²) in [5.74, 6) is 4.03. The van der Waals surface area contributed by atoms with E-state index in [4.69, 9.17) is 0 Å². The third kappa shape index (κ3) is 2.65. The average molecular weight is 347 g/mol. The number of hydrogen-bond acceptors (Lipinski definition) is 2. The number of hydrogen-bond donors (Lipinski definition) is 2. The molecule has 0 aromatic heterocycles. The highest BCUT2D eigenvalue weighted by molar-refractivity contribution is 5.25. The zero-order valence-electron chi connectivity index (χ0n) is 16.5. The Hall–Kier alpha value is -0.340. The molecule has 0 amide bonds. The Morgan fingerprint density at radius 3 is 2.68 bits per heavy atom. The van der Waals surface area contributed by atoms with Crippen LogP contribution in [0.4, 0.5) is 0 Å². The van der Waals surface area contributed by atoms with E-state index in [2.05, 4.69) is 26.8 Å². The minimum Gasteiger partial charge on any atom is -0.396 e. The first-order valence-corrected chi connectivity index (χ1v) is 10.9. The van der Waals surface area contributed by atoms with Crippen molar-refractivity contribution < 1.29 is 10.2 Å². The highest BCUT2D eigenvalue weighted by Crippen LogP contribution is 2.67. The third-order valence-corrected chi connectivity index (χ3v) is 9.42. The molecule has 0 aliphatic heterocycles. The lowest BCUT2D eigenvalue weighted by molar-refractivity contribution is -0.0578. The van der Waals surface area contributed by atoms with Gasteiger partial charge in [0.05, 0.1) is 6.10 Å². The molecule has 4 aliphatic carbocycles. The lowest BCUT2D eigenvalue weighted by Gasteiger charge is -2.58. The summed E-state index contributed by atoms with van der Waals surface area (Å²) in [6.45, 7) is 7.83. The van der Waals surface area contributed by atoms with Crippen LogP contribution in [0, 0.1) is 40.4 Å². The maximum Gasteiger partial charge on any atom is 0.0577 e. The normalized spacial score (nSPS) is 50.4. The quantitative estimate of drug-likeness (QED) is 0.710. The van der Waals surface area contributed by atoms with Crippen molar-refractivity contribution >= 4 is 0 Å². The van der Waals surface area contributed by atoms with Gasteiger partial charge in [0.15, 0.2) is 0 Å². The van der Waals surface area contributed by atoms with Gasteiger partial charge in [0, 0.05) is 6.61 Å². The van der Waals surface area contributed by atoms with Crippen LogP contribution in [0.25, 0.3) is 0 Å². The van der Waals surface area contributed by atoms with Crippen molar-refractivity contribution in [2.75, 3.05) is 6.61 Å². The Morgan fingerprint density at radius 1 is 1.12 bits per heavy atom. The van der Waals surface area contributed by atoms with Crippen LogP contribution in [0.2, 0.25) is 0 Å². The SMILES string of the molecule is CC(CCO)C1CCC2C3CC=C4CC(O)CCC4(C)C3CCC12C. The Balaban J connectivity index is 1.60. The number of aliphatic hydroxyl groups excluding tert-OH is 2. The molecule has 2 nitrogen and oxygen atoms in total. The molecule has 0 saturated heterocycles. The van der Waals surface area contributed by atoms with Gasteiger partial charge in [-0.2, -0.15) is 0 Å². The highest BCUT2D eigenvalue weighted by atomic mass is 16.3. The first-order valence-electron chi connectivity index (χ1n) is 10.9. The van der Waals surface area contributed by atoms with Crippen molar-refractivity contribution in [3.05, 3.63) is 11.6 Å². The van der Waals surface area contributed by atoms with E-state index in [1.165, 1.54) is 38.5 Å². The summed E-state index contributed by atoms with van der Waals surface area (Å²) in [7, 11) is 0. The van der Waals surface area contributed by atoms with Gasteiger partial charge in [0.2, 0.25) is 0 Å². The summed E-state index contributed by atoms with van der Waals surface area (Å²) >= 11 is 0. The Kier molecular flexibility index (Phi) is 4.60. The van der Waals surface area contributed by atoms with E-state index in [9.17, 15) is 10.2 Å². The number of aliphatic hydroxyl groups is 2. The molecule has 2 heteroatoms. The zero-order chi connectivity index (χ0) is 17.8. The van der Waals surface area contributed by atoms with Crippen LogP contribution in [-0.2, 0) is 0 Å².